The molecule has 60 valence electrons. The molecule has 2 unspecified atom stereocenters. The second kappa shape index (κ2) is 3.91. The summed E-state index contributed by atoms with van der Waals surface area (Å²) < 4.78 is 5.17. The molecule has 0 radical (unpaired) electrons. The normalized spacial score (nSPS) is 34.2. The van der Waals surface area contributed by atoms with Crippen molar-refractivity contribution >= 4 is 0 Å². The van der Waals surface area contributed by atoms with Crippen molar-refractivity contribution in [2.45, 2.75) is 37.8 Å². The fourth-order valence-electron chi connectivity index (χ4n) is 1.48. The Bertz CT molecular complexity index is 87.6. The van der Waals surface area contributed by atoms with E-state index >= 15 is 0 Å². The Morgan fingerprint density at radius 2 is 2.30 bits per heavy atom. The van der Waals surface area contributed by atoms with Crippen LogP contribution < -0.4 is 5.48 Å². The highest BCUT2D eigenvalue weighted by Gasteiger charge is 2.20. The Balaban J connectivity index is 2.25. The minimum Gasteiger partial charge on any atom is -0.381 e. The first-order valence-corrected chi connectivity index (χ1v) is 3.79. The standard InChI is InChI=1S/C7H15NO2/c1-10-7-4-2-3-6(5-7)8-9/h6-9H,2-5H2,1H3. The average molecular weight is 145 g/mol. The highest BCUT2D eigenvalue weighted by atomic mass is 16.5. The molecule has 2 N–H and O–H groups in total. The molecule has 0 saturated heterocycles. The van der Waals surface area contributed by atoms with Gasteiger partial charge in [0, 0.05) is 13.2 Å². The van der Waals surface area contributed by atoms with Gasteiger partial charge in [-0.05, 0) is 25.7 Å². The molecule has 1 rings (SSSR count). The van der Waals surface area contributed by atoms with Crippen LogP contribution in [-0.4, -0.2) is 24.5 Å². The summed E-state index contributed by atoms with van der Waals surface area (Å²) in [7, 11) is 1.73. The summed E-state index contributed by atoms with van der Waals surface area (Å²) in [6, 6.07) is 0.249. The quantitative estimate of drug-likeness (QED) is 0.568. The lowest BCUT2D eigenvalue weighted by Gasteiger charge is -2.26. The number of hydrogen-bond acceptors (Lipinski definition) is 3. The summed E-state index contributed by atoms with van der Waals surface area (Å²) >= 11 is 0. The van der Waals surface area contributed by atoms with Crippen LogP contribution in [0.25, 0.3) is 0 Å². The zero-order valence-corrected chi connectivity index (χ0v) is 6.34. The lowest BCUT2D eigenvalue weighted by molar-refractivity contribution is 0.0248. The molecule has 1 fully saturated rings. The molecule has 0 aromatic rings. The van der Waals surface area contributed by atoms with E-state index < -0.39 is 0 Å². The molecule has 2 atom stereocenters. The van der Waals surface area contributed by atoms with Gasteiger partial charge in [-0.3, -0.25) is 0 Å². The molecule has 0 aliphatic heterocycles. The van der Waals surface area contributed by atoms with E-state index in [1.165, 1.54) is 0 Å². The number of nitrogens with one attached hydrogen (secondary N) is 1. The van der Waals surface area contributed by atoms with E-state index in [-0.39, 0.29) is 6.04 Å². The summed E-state index contributed by atoms with van der Waals surface area (Å²) in [6.07, 6.45) is 4.63. The molecule has 10 heavy (non-hydrogen) atoms. The summed E-state index contributed by atoms with van der Waals surface area (Å²) in [4.78, 5) is 0. The van der Waals surface area contributed by atoms with Crippen LogP contribution in [0.2, 0.25) is 0 Å². The minimum atomic E-state index is 0.249. The smallest absolute Gasteiger partial charge is 0.0587 e. The van der Waals surface area contributed by atoms with Gasteiger partial charge < -0.3 is 9.94 Å². The molecule has 0 aromatic heterocycles. The maximum atomic E-state index is 8.60. The maximum absolute atomic E-state index is 8.60. The van der Waals surface area contributed by atoms with E-state index in [2.05, 4.69) is 5.48 Å². The molecule has 1 aliphatic rings. The van der Waals surface area contributed by atoms with Crippen molar-refractivity contribution in [3.8, 4) is 0 Å². The molecule has 0 spiro atoms. The first-order chi connectivity index (χ1) is 4.86. The third kappa shape index (κ3) is 1.94. The Morgan fingerprint density at radius 3 is 2.90 bits per heavy atom. The lowest BCUT2D eigenvalue weighted by Crippen LogP contribution is -2.34. The zero-order valence-electron chi connectivity index (χ0n) is 6.34. The van der Waals surface area contributed by atoms with Crippen LogP contribution >= 0.6 is 0 Å². The number of hydroxylamine groups is 1. The Labute approximate surface area is 61.3 Å². The highest BCUT2D eigenvalue weighted by molar-refractivity contribution is 4.75. The third-order valence-electron chi connectivity index (χ3n) is 2.14. The van der Waals surface area contributed by atoms with Gasteiger partial charge >= 0.3 is 0 Å². The largest absolute Gasteiger partial charge is 0.381 e. The van der Waals surface area contributed by atoms with Gasteiger partial charge in [0.05, 0.1) is 6.10 Å². The van der Waals surface area contributed by atoms with Crippen molar-refractivity contribution in [3.05, 3.63) is 0 Å². The van der Waals surface area contributed by atoms with Gasteiger partial charge in [-0.1, -0.05) is 0 Å². The molecule has 3 nitrogen and oxygen atoms in total. The summed E-state index contributed by atoms with van der Waals surface area (Å²) in [5, 5.41) is 8.60. The topological polar surface area (TPSA) is 41.5 Å². The van der Waals surface area contributed by atoms with Gasteiger partial charge in [0.2, 0.25) is 0 Å². The third-order valence-corrected chi connectivity index (χ3v) is 2.14. The van der Waals surface area contributed by atoms with Crippen LogP contribution in [0.15, 0.2) is 0 Å². The molecule has 1 aliphatic carbocycles. The van der Waals surface area contributed by atoms with Crippen molar-refractivity contribution in [2.24, 2.45) is 0 Å². The van der Waals surface area contributed by atoms with Crippen molar-refractivity contribution in [3.63, 3.8) is 0 Å². The molecule has 0 bridgehead atoms. The van der Waals surface area contributed by atoms with Gasteiger partial charge in [0.1, 0.15) is 0 Å². The van der Waals surface area contributed by atoms with Crippen molar-refractivity contribution < 1.29 is 9.94 Å². The summed E-state index contributed by atoms with van der Waals surface area (Å²) in [5.74, 6) is 0. The van der Waals surface area contributed by atoms with E-state index in [1.807, 2.05) is 0 Å². The van der Waals surface area contributed by atoms with Crippen LogP contribution in [0.5, 0.6) is 0 Å². The predicted molar refractivity (Wildman–Crippen MR) is 38.0 cm³/mol. The van der Waals surface area contributed by atoms with E-state index in [0.717, 1.165) is 25.7 Å². The zero-order chi connectivity index (χ0) is 7.40. The second-order valence-corrected chi connectivity index (χ2v) is 2.85. The van der Waals surface area contributed by atoms with Gasteiger partial charge in [-0.15, -0.1) is 0 Å². The molecule has 3 heteroatoms. The van der Waals surface area contributed by atoms with E-state index in [0.29, 0.717) is 6.10 Å². The minimum absolute atomic E-state index is 0.249. The molecule has 0 heterocycles. The van der Waals surface area contributed by atoms with E-state index in [9.17, 15) is 0 Å². The molecule has 0 aromatic carbocycles. The van der Waals surface area contributed by atoms with E-state index in [4.69, 9.17) is 9.94 Å². The number of ether oxygens (including phenoxy) is 1. The Kier molecular flexibility index (Phi) is 3.12. The van der Waals surface area contributed by atoms with Gasteiger partial charge in [0.25, 0.3) is 0 Å². The molecule has 1 saturated carbocycles. The fourth-order valence-corrected chi connectivity index (χ4v) is 1.48. The summed E-state index contributed by atoms with van der Waals surface area (Å²) in [6.45, 7) is 0. The maximum Gasteiger partial charge on any atom is 0.0587 e. The van der Waals surface area contributed by atoms with Gasteiger partial charge in [-0.25, -0.2) is 5.48 Å². The van der Waals surface area contributed by atoms with E-state index in [1.54, 1.807) is 7.11 Å². The Hall–Kier alpha value is -0.120. The van der Waals surface area contributed by atoms with Gasteiger partial charge in [-0.2, -0.15) is 0 Å². The van der Waals surface area contributed by atoms with Crippen molar-refractivity contribution in [1.29, 1.82) is 0 Å². The first-order valence-electron chi connectivity index (χ1n) is 3.79. The summed E-state index contributed by atoms with van der Waals surface area (Å²) in [5.41, 5.74) is 2.29. The van der Waals surface area contributed by atoms with Crippen LogP contribution in [-0.2, 0) is 4.74 Å². The monoisotopic (exact) mass is 145 g/mol. The Morgan fingerprint density at radius 1 is 1.50 bits per heavy atom. The second-order valence-electron chi connectivity index (χ2n) is 2.85. The highest BCUT2D eigenvalue weighted by Crippen LogP contribution is 2.19. The predicted octanol–water partition coefficient (Wildman–Crippen LogP) is 0.923. The van der Waals surface area contributed by atoms with Crippen LogP contribution in [0.1, 0.15) is 25.7 Å². The van der Waals surface area contributed by atoms with Crippen LogP contribution in [0, 0.1) is 0 Å². The average Bonchev–Trinajstić information content (AvgIpc) is 2.05. The van der Waals surface area contributed by atoms with Crippen LogP contribution in [0.4, 0.5) is 0 Å². The molecular formula is C7H15NO2. The van der Waals surface area contributed by atoms with Crippen molar-refractivity contribution in [2.75, 3.05) is 7.11 Å². The SMILES string of the molecule is COC1CCCC(NO)C1. The van der Waals surface area contributed by atoms with Crippen molar-refractivity contribution in [1.82, 2.24) is 5.48 Å². The van der Waals surface area contributed by atoms with Gasteiger partial charge in [0.15, 0.2) is 0 Å². The van der Waals surface area contributed by atoms with Crippen LogP contribution in [0.3, 0.4) is 0 Å². The fraction of sp³-hybridized carbons (Fsp3) is 1.00. The number of hydrogen-bond donors (Lipinski definition) is 2. The number of methoxy groups -OCH3 is 1. The molecule has 0 amide bonds. The molecular weight excluding hydrogens is 130 g/mol. The lowest BCUT2D eigenvalue weighted by atomic mass is 9.93. The first kappa shape index (κ1) is 7.98. The number of rotatable bonds is 2.